The van der Waals surface area contributed by atoms with E-state index in [0.29, 0.717) is 5.39 Å². The lowest BCUT2D eigenvalue weighted by atomic mass is 10.1. The fourth-order valence-electron chi connectivity index (χ4n) is 1.67. The van der Waals surface area contributed by atoms with E-state index in [1.54, 1.807) is 39.1 Å². The van der Waals surface area contributed by atoms with E-state index in [9.17, 15) is 9.18 Å². The summed E-state index contributed by atoms with van der Waals surface area (Å²) >= 11 is 0. The molecule has 0 bridgehead atoms. The lowest BCUT2D eigenvalue weighted by molar-refractivity contribution is 0.0635. The molecule has 0 aliphatic carbocycles. The van der Waals surface area contributed by atoms with Crippen LogP contribution in [0.15, 0.2) is 30.6 Å². The first-order valence-electron chi connectivity index (χ1n) is 5.89. The molecule has 100 valence electrons. The minimum atomic E-state index is -0.692. The highest BCUT2D eigenvalue weighted by atomic mass is 19.1. The van der Waals surface area contributed by atoms with Gasteiger partial charge >= 0.3 is 6.09 Å². The molecule has 0 saturated carbocycles. The number of pyridine rings is 1. The van der Waals surface area contributed by atoms with Crippen molar-refractivity contribution in [2.75, 3.05) is 5.32 Å². The smallest absolute Gasteiger partial charge is 0.412 e. The number of benzene rings is 1. The number of fused-ring (bicyclic) bond motifs is 1. The van der Waals surface area contributed by atoms with Gasteiger partial charge in [0, 0.05) is 17.8 Å². The van der Waals surface area contributed by atoms with E-state index in [1.807, 2.05) is 0 Å². The summed E-state index contributed by atoms with van der Waals surface area (Å²) in [5, 5.41) is 3.76. The van der Waals surface area contributed by atoms with Crippen LogP contribution in [0.25, 0.3) is 10.8 Å². The molecule has 1 aromatic heterocycles. The molecule has 0 unspecified atom stereocenters. The zero-order chi connectivity index (χ0) is 14.0. The van der Waals surface area contributed by atoms with E-state index >= 15 is 0 Å². The number of nitrogens with zero attached hydrogens (tertiary/aromatic N) is 1. The number of rotatable bonds is 1. The first-order chi connectivity index (χ1) is 8.87. The lowest BCUT2D eigenvalue weighted by Crippen LogP contribution is -2.27. The van der Waals surface area contributed by atoms with Crippen molar-refractivity contribution >= 4 is 22.6 Å². The van der Waals surface area contributed by atoms with Crippen molar-refractivity contribution in [3.8, 4) is 0 Å². The number of anilines is 1. The standard InChI is InChI=1S/C14H15FN2O2/c1-14(2,3)19-13(18)17-12-10-8-16-7-6-9(10)4-5-11(12)15/h4-8H,1-3H3,(H,17,18). The molecule has 1 N–H and O–H groups in total. The Morgan fingerprint density at radius 2 is 2.05 bits per heavy atom. The summed E-state index contributed by atoms with van der Waals surface area (Å²) in [4.78, 5) is 15.6. The highest BCUT2D eigenvalue weighted by Crippen LogP contribution is 2.26. The summed E-state index contributed by atoms with van der Waals surface area (Å²) < 4.78 is 18.9. The van der Waals surface area contributed by atoms with Gasteiger partial charge in [-0.3, -0.25) is 10.3 Å². The zero-order valence-electron chi connectivity index (χ0n) is 11.0. The van der Waals surface area contributed by atoms with E-state index in [0.717, 1.165) is 5.39 Å². The maximum absolute atomic E-state index is 13.8. The normalized spacial score (nSPS) is 11.4. The SMILES string of the molecule is CC(C)(C)OC(=O)Nc1c(F)ccc2ccncc12. The summed E-state index contributed by atoms with van der Waals surface area (Å²) in [5.41, 5.74) is -0.552. The molecule has 0 spiro atoms. The number of hydrogen-bond acceptors (Lipinski definition) is 3. The Balaban J connectivity index is 2.34. The first kappa shape index (κ1) is 13.3. The van der Waals surface area contributed by atoms with Crippen molar-refractivity contribution in [3.05, 3.63) is 36.4 Å². The quantitative estimate of drug-likeness (QED) is 0.852. The minimum Gasteiger partial charge on any atom is -0.444 e. The summed E-state index contributed by atoms with van der Waals surface area (Å²) in [6.07, 6.45) is 2.42. The Kier molecular flexibility index (Phi) is 3.38. The molecule has 0 aliphatic rings. The maximum atomic E-state index is 13.8. The third-order valence-electron chi connectivity index (χ3n) is 2.40. The second-order valence-corrected chi connectivity index (χ2v) is 5.15. The van der Waals surface area contributed by atoms with Gasteiger partial charge in [-0.15, -0.1) is 0 Å². The Hall–Kier alpha value is -2.17. The fraction of sp³-hybridized carbons (Fsp3) is 0.286. The highest BCUT2D eigenvalue weighted by molar-refractivity contribution is 5.99. The summed E-state index contributed by atoms with van der Waals surface area (Å²) in [5.74, 6) is -0.522. The Morgan fingerprint density at radius 3 is 2.74 bits per heavy atom. The average molecular weight is 262 g/mol. The Labute approximate surface area is 110 Å². The van der Waals surface area contributed by atoms with Crippen molar-refractivity contribution in [1.82, 2.24) is 4.98 Å². The summed E-state index contributed by atoms with van der Waals surface area (Å²) in [6.45, 7) is 5.23. The van der Waals surface area contributed by atoms with Gasteiger partial charge in [0.15, 0.2) is 0 Å². The molecule has 2 aromatic rings. The molecule has 1 aromatic carbocycles. The van der Waals surface area contributed by atoms with Crippen LogP contribution in [-0.2, 0) is 4.74 Å². The number of hydrogen-bond donors (Lipinski definition) is 1. The highest BCUT2D eigenvalue weighted by Gasteiger charge is 2.18. The molecular weight excluding hydrogens is 247 g/mol. The summed E-state index contributed by atoms with van der Waals surface area (Å²) in [7, 11) is 0. The van der Waals surface area contributed by atoms with Crippen LogP contribution in [-0.4, -0.2) is 16.7 Å². The fourth-order valence-corrected chi connectivity index (χ4v) is 1.67. The third kappa shape index (κ3) is 3.19. The van der Waals surface area contributed by atoms with Gasteiger partial charge in [-0.2, -0.15) is 0 Å². The van der Waals surface area contributed by atoms with Crippen molar-refractivity contribution in [3.63, 3.8) is 0 Å². The van der Waals surface area contributed by atoms with Crippen molar-refractivity contribution < 1.29 is 13.9 Å². The predicted molar refractivity (Wildman–Crippen MR) is 71.6 cm³/mol. The number of amides is 1. The molecule has 0 saturated heterocycles. The number of nitrogens with one attached hydrogen (secondary N) is 1. The molecule has 4 nitrogen and oxygen atoms in total. The molecular formula is C14H15FN2O2. The van der Waals surface area contributed by atoms with Gasteiger partial charge in [0.05, 0.1) is 5.69 Å². The molecule has 0 atom stereocenters. The molecule has 1 heterocycles. The summed E-state index contributed by atoms with van der Waals surface area (Å²) in [6, 6.07) is 4.68. The van der Waals surface area contributed by atoms with Gasteiger partial charge < -0.3 is 4.74 Å². The monoisotopic (exact) mass is 262 g/mol. The average Bonchev–Trinajstić information content (AvgIpc) is 2.31. The van der Waals surface area contributed by atoms with Crippen LogP contribution >= 0.6 is 0 Å². The van der Waals surface area contributed by atoms with Crippen molar-refractivity contribution in [2.45, 2.75) is 26.4 Å². The topological polar surface area (TPSA) is 51.2 Å². The van der Waals surface area contributed by atoms with Gasteiger partial charge in [-0.1, -0.05) is 6.07 Å². The number of halogens is 1. The van der Waals surface area contributed by atoms with E-state index < -0.39 is 17.5 Å². The first-order valence-corrected chi connectivity index (χ1v) is 5.89. The molecule has 2 rings (SSSR count). The van der Waals surface area contributed by atoms with Crippen LogP contribution in [0, 0.1) is 5.82 Å². The molecule has 1 amide bonds. The van der Waals surface area contributed by atoms with Crippen LogP contribution in [0.3, 0.4) is 0 Å². The zero-order valence-corrected chi connectivity index (χ0v) is 11.0. The van der Waals surface area contributed by atoms with Crippen LogP contribution in [0.4, 0.5) is 14.9 Å². The Morgan fingerprint density at radius 1 is 1.32 bits per heavy atom. The lowest BCUT2D eigenvalue weighted by Gasteiger charge is -2.20. The molecule has 5 heteroatoms. The van der Waals surface area contributed by atoms with Gasteiger partial charge in [0.25, 0.3) is 0 Å². The minimum absolute atomic E-state index is 0.0832. The second-order valence-electron chi connectivity index (χ2n) is 5.15. The predicted octanol–water partition coefficient (Wildman–Crippen LogP) is 3.72. The number of ether oxygens (including phenoxy) is 1. The van der Waals surface area contributed by atoms with Crippen LogP contribution in [0.1, 0.15) is 20.8 Å². The van der Waals surface area contributed by atoms with E-state index in [-0.39, 0.29) is 5.69 Å². The van der Waals surface area contributed by atoms with Crippen LogP contribution in [0.2, 0.25) is 0 Å². The number of aromatic nitrogens is 1. The molecule has 0 fully saturated rings. The second kappa shape index (κ2) is 4.84. The third-order valence-corrected chi connectivity index (χ3v) is 2.40. The number of carbonyl (C=O) groups excluding carboxylic acids is 1. The van der Waals surface area contributed by atoms with E-state index in [2.05, 4.69) is 10.3 Å². The van der Waals surface area contributed by atoms with Gasteiger partial charge in [-0.25, -0.2) is 9.18 Å². The Bertz CT molecular complexity index is 620. The van der Waals surface area contributed by atoms with Gasteiger partial charge in [-0.05, 0) is 38.3 Å². The van der Waals surface area contributed by atoms with Crippen molar-refractivity contribution in [1.29, 1.82) is 0 Å². The van der Waals surface area contributed by atoms with Crippen molar-refractivity contribution in [2.24, 2.45) is 0 Å². The van der Waals surface area contributed by atoms with E-state index in [1.165, 1.54) is 12.3 Å². The van der Waals surface area contributed by atoms with E-state index in [4.69, 9.17) is 4.74 Å². The van der Waals surface area contributed by atoms with Crippen LogP contribution < -0.4 is 5.32 Å². The molecule has 0 aliphatic heterocycles. The van der Waals surface area contributed by atoms with Gasteiger partial charge in [0.2, 0.25) is 0 Å². The van der Waals surface area contributed by atoms with Crippen LogP contribution in [0.5, 0.6) is 0 Å². The largest absolute Gasteiger partial charge is 0.444 e. The van der Waals surface area contributed by atoms with Gasteiger partial charge in [0.1, 0.15) is 11.4 Å². The maximum Gasteiger partial charge on any atom is 0.412 e. The molecule has 0 radical (unpaired) electrons. The molecule has 19 heavy (non-hydrogen) atoms. The number of carbonyl (C=O) groups is 1.